The molecule has 4 aromatic rings. The second-order valence-electron chi connectivity index (χ2n) is 11.8. The van der Waals surface area contributed by atoms with Gasteiger partial charge in [0.05, 0.1) is 13.2 Å². The molecular weight excluding hydrogens is 558 g/mol. The summed E-state index contributed by atoms with van der Waals surface area (Å²) in [5.41, 5.74) is 3.21. The molecule has 1 fully saturated rings. The van der Waals surface area contributed by atoms with Crippen molar-refractivity contribution in [1.82, 2.24) is 0 Å². The first-order valence-corrected chi connectivity index (χ1v) is 14.9. The highest BCUT2D eigenvalue weighted by molar-refractivity contribution is 6.32. The average Bonchev–Trinajstić information content (AvgIpc) is 3.46. The van der Waals surface area contributed by atoms with Crippen molar-refractivity contribution in [3.63, 3.8) is 0 Å². The summed E-state index contributed by atoms with van der Waals surface area (Å²) in [6, 6.07) is 26.1. The maximum Gasteiger partial charge on any atom is 0.186 e. The second-order valence-corrected chi connectivity index (χ2v) is 12.3. The summed E-state index contributed by atoms with van der Waals surface area (Å²) in [5, 5.41) is 0.563. The summed E-state index contributed by atoms with van der Waals surface area (Å²) < 4.78 is 5.46. The minimum absolute atomic E-state index is 0.188. The van der Waals surface area contributed by atoms with Gasteiger partial charge in [0.1, 0.15) is 17.2 Å². The molecule has 3 atom stereocenters. The van der Waals surface area contributed by atoms with Crippen LogP contribution in [0.1, 0.15) is 73.4 Å². The van der Waals surface area contributed by atoms with Crippen LogP contribution < -0.4 is 9.64 Å². The van der Waals surface area contributed by atoms with E-state index in [0.717, 1.165) is 22.4 Å². The average molecular weight is 588 g/mol. The van der Waals surface area contributed by atoms with Gasteiger partial charge in [-0.05, 0) is 52.9 Å². The van der Waals surface area contributed by atoms with E-state index in [0.29, 0.717) is 33.4 Å². The number of carbonyl (C=O) groups is 3. The minimum atomic E-state index is -1.55. The summed E-state index contributed by atoms with van der Waals surface area (Å²) >= 11 is 6.40. The van der Waals surface area contributed by atoms with Gasteiger partial charge in [-0.1, -0.05) is 98.3 Å². The summed E-state index contributed by atoms with van der Waals surface area (Å²) in [6.45, 7) is 4.24. The van der Waals surface area contributed by atoms with Crippen LogP contribution in [0.15, 0.2) is 97.1 Å². The number of anilines is 1. The Kier molecular flexibility index (Phi) is 6.40. The summed E-state index contributed by atoms with van der Waals surface area (Å²) in [5.74, 6) is -0.597. The number of Topliss-reactive ketones (excluding diaryl/α,β-unsaturated/α-hetero) is 3. The highest BCUT2D eigenvalue weighted by Gasteiger charge is 2.71. The van der Waals surface area contributed by atoms with Crippen molar-refractivity contribution in [2.75, 3.05) is 12.0 Å². The van der Waals surface area contributed by atoms with Crippen molar-refractivity contribution in [3.8, 4) is 5.75 Å². The number of methoxy groups -OCH3 is 1. The molecular formula is C37H30ClNO4. The second kappa shape index (κ2) is 10.1. The fourth-order valence-electron chi connectivity index (χ4n) is 7.36. The number of carbonyl (C=O) groups excluding carboxylic acids is 3. The molecule has 1 spiro atoms. The van der Waals surface area contributed by atoms with Crippen molar-refractivity contribution in [3.05, 3.63) is 135 Å². The van der Waals surface area contributed by atoms with Crippen LogP contribution >= 0.6 is 11.6 Å². The Morgan fingerprint density at radius 2 is 1.58 bits per heavy atom. The van der Waals surface area contributed by atoms with Gasteiger partial charge in [-0.2, -0.15) is 0 Å². The van der Waals surface area contributed by atoms with Crippen LogP contribution in [0.25, 0.3) is 6.08 Å². The van der Waals surface area contributed by atoms with Gasteiger partial charge < -0.3 is 9.64 Å². The van der Waals surface area contributed by atoms with E-state index >= 15 is 0 Å². The van der Waals surface area contributed by atoms with Crippen molar-refractivity contribution < 1.29 is 19.1 Å². The van der Waals surface area contributed by atoms with Crippen LogP contribution in [-0.2, 0) is 0 Å². The molecule has 0 radical (unpaired) electrons. The lowest BCUT2D eigenvalue weighted by Crippen LogP contribution is -2.48. The molecule has 3 aliphatic rings. The van der Waals surface area contributed by atoms with E-state index < -0.39 is 23.4 Å². The first-order valence-electron chi connectivity index (χ1n) is 14.5. The number of ether oxygens (including phenoxy) is 1. The molecule has 0 N–H and O–H groups in total. The topological polar surface area (TPSA) is 63.7 Å². The third kappa shape index (κ3) is 3.88. The van der Waals surface area contributed by atoms with E-state index in [2.05, 4.69) is 13.8 Å². The molecule has 43 heavy (non-hydrogen) atoms. The summed E-state index contributed by atoms with van der Waals surface area (Å²) in [7, 11) is 1.56. The highest BCUT2D eigenvalue weighted by atomic mass is 35.5. The molecule has 0 amide bonds. The zero-order chi connectivity index (χ0) is 30.0. The fourth-order valence-corrected chi connectivity index (χ4v) is 7.54. The third-order valence-corrected chi connectivity index (χ3v) is 9.59. The molecule has 5 nitrogen and oxygen atoms in total. The van der Waals surface area contributed by atoms with Crippen LogP contribution in [-0.4, -0.2) is 36.5 Å². The smallest absolute Gasteiger partial charge is 0.186 e. The molecule has 2 aliphatic heterocycles. The van der Waals surface area contributed by atoms with Crippen molar-refractivity contribution >= 4 is 40.7 Å². The standard InChI is InChI=1S/C37H30ClNO4/c1-21(2)22-11-13-23(14-12-22)32-33(34(40)25-7-6-8-27(20-25)43-3)39-30-17-16-26(38)19-24(30)15-18-31(39)37(32)35(41)28-9-4-5-10-29(28)36(37)42/h4-21,31-33H,1-3H3/t31?,32-,33+/m1/s1. The lowest BCUT2D eigenvalue weighted by Gasteiger charge is -2.37. The van der Waals surface area contributed by atoms with Gasteiger partial charge in [0.25, 0.3) is 0 Å². The lowest BCUT2D eigenvalue weighted by atomic mass is 9.64. The van der Waals surface area contributed by atoms with Gasteiger partial charge in [-0.15, -0.1) is 0 Å². The van der Waals surface area contributed by atoms with Gasteiger partial charge in [0, 0.05) is 33.3 Å². The molecule has 6 heteroatoms. The normalized spacial score (nSPS) is 21.2. The Labute approximate surface area is 255 Å². The van der Waals surface area contributed by atoms with E-state index in [-0.39, 0.29) is 17.3 Å². The van der Waals surface area contributed by atoms with Gasteiger partial charge in [0.2, 0.25) is 0 Å². The predicted octanol–water partition coefficient (Wildman–Crippen LogP) is 7.79. The van der Waals surface area contributed by atoms with Crippen molar-refractivity contribution in [1.29, 1.82) is 0 Å². The Hall–Kier alpha value is -4.48. The molecule has 0 saturated carbocycles. The van der Waals surface area contributed by atoms with E-state index in [4.69, 9.17) is 16.3 Å². The zero-order valence-electron chi connectivity index (χ0n) is 24.1. The van der Waals surface area contributed by atoms with Gasteiger partial charge in [-0.3, -0.25) is 14.4 Å². The lowest BCUT2D eigenvalue weighted by molar-refractivity contribution is 0.0666. The molecule has 1 saturated heterocycles. The molecule has 0 aromatic heterocycles. The summed E-state index contributed by atoms with van der Waals surface area (Å²) in [6.07, 6.45) is 3.83. The van der Waals surface area contributed by atoms with Crippen LogP contribution in [0.4, 0.5) is 5.69 Å². The minimum Gasteiger partial charge on any atom is -0.497 e. The quantitative estimate of drug-likeness (QED) is 0.176. The van der Waals surface area contributed by atoms with E-state index in [1.165, 1.54) is 0 Å². The molecule has 4 aromatic carbocycles. The first kappa shape index (κ1) is 27.4. The largest absolute Gasteiger partial charge is 0.497 e. The number of nitrogens with zero attached hydrogens (tertiary/aromatic N) is 1. The number of ketones is 3. The number of hydrogen-bond donors (Lipinski definition) is 0. The van der Waals surface area contributed by atoms with Gasteiger partial charge in [0.15, 0.2) is 17.3 Å². The maximum absolute atomic E-state index is 14.9. The molecule has 1 unspecified atom stereocenters. The van der Waals surface area contributed by atoms with Crippen LogP contribution in [0.3, 0.4) is 0 Å². The van der Waals surface area contributed by atoms with E-state index in [1.54, 1.807) is 61.7 Å². The Bertz CT molecular complexity index is 1800. The van der Waals surface area contributed by atoms with E-state index in [1.807, 2.05) is 53.5 Å². The summed E-state index contributed by atoms with van der Waals surface area (Å²) in [4.78, 5) is 46.4. The number of halogens is 1. The zero-order valence-corrected chi connectivity index (χ0v) is 24.8. The molecule has 7 rings (SSSR count). The van der Waals surface area contributed by atoms with Crippen LogP contribution in [0.5, 0.6) is 5.75 Å². The number of rotatable bonds is 5. The Morgan fingerprint density at radius 1 is 0.884 bits per heavy atom. The molecule has 2 heterocycles. The van der Waals surface area contributed by atoms with Crippen LogP contribution in [0.2, 0.25) is 5.02 Å². The predicted molar refractivity (Wildman–Crippen MR) is 169 cm³/mol. The van der Waals surface area contributed by atoms with Gasteiger partial charge in [-0.25, -0.2) is 0 Å². The number of benzene rings is 4. The van der Waals surface area contributed by atoms with Crippen molar-refractivity contribution in [2.24, 2.45) is 5.41 Å². The number of fused-ring (bicyclic) bond motifs is 5. The van der Waals surface area contributed by atoms with Crippen molar-refractivity contribution in [2.45, 2.75) is 37.8 Å². The molecule has 214 valence electrons. The van der Waals surface area contributed by atoms with Crippen LogP contribution in [0, 0.1) is 5.41 Å². The maximum atomic E-state index is 14.9. The monoisotopic (exact) mass is 587 g/mol. The number of hydrogen-bond acceptors (Lipinski definition) is 5. The first-order chi connectivity index (χ1) is 20.8. The molecule has 1 aliphatic carbocycles. The van der Waals surface area contributed by atoms with E-state index in [9.17, 15) is 14.4 Å². The SMILES string of the molecule is COc1cccc(C(=O)[C@@H]2[C@@H](c3ccc(C(C)C)cc3)C3(C(=O)c4ccccc4C3=O)C3C=Cc4cc(Cl)ccc4N32)c1. The Balaban J connectivity index is 1.53. The fraction of sp³-hybridized carbons (Fsp3) is 0.216. The third-order valence-electron chi connectivity index (χ3n) is 9.35. The highest BCUT2D eigenvalue weighted by Crippen LogP contribution is 2.61. The molecule has 0 bridgehead atoms. The Morgan fingerprint density at radius 3 is 2.23 bits per heavy atom. The van der Waals surface area contributed by atoms with Gasteiger partial charge >= 0.3 is 0 Å².